The van der Waals surface area contributed by atoms with Crippen molar-refractivity contribution in [1.29, 1.82) is 0 Å². The van der Waals surface area contributed by atoms with Crippen LogP contribution in [0.5, 0.6) is 0 Å². The number of benzene rings is 1. The minimum Gasteiger partial charge on any atom is -0.396 e. The van der Waals surface area contributed by atoms with Gasteiger partial charge in [0.1, 0.15) is 11.6 Å². The van der Waals surface area contributed by atoms with Crippen molar-refractivity contribution in [2.24, 2.45) is 5.41 Å². The van der Waals surface area contributed by atoms with Gasteiger partial charge < -0.3 is 10.0 Å². The molecule has 2 nitrogen and oxygen atoms in total. The molecule has 4 heteroatoms. The average Bonchev–Trinajstić information content (AvgIpc) is 3.03. The number of aliphatic hydroxyl groups is 1. The van der Waals surface area contributed by atoms with Gasteiger partial charge >= 0.3 is 0 Å². The van der Waals surface area contributed by atoms with Crippen molar-refractivity contribution in [2.45, 2.75) is 19.4 Å². The van der Waals surface area contributed by atoms with Gasteiger partial charge in [-0.25, -0.2) is 8.78 Å². The predicted molar refractivity (Wildman–Crippen MR) is 61.4 cm³/mol. The number of hydrogen-bond donors (Lipinski definition) is 1. The lowest BCUT2D eigenvalue weighted by Gasteiger charge is -2.22. The zero-order valence-electron chi connectivity index (χ0n) is 9.92. The van der Waals surface area contributed by atoms with E-state index in [0.29, 0.717) is 12.1 Å². The van der Waals surface area contributed by atoms with Gasteiger partial charge in [0.25, 0.3) is 0 Å². The highest BCUT2D eigenvalue weighted by atomic mass is 19.1. The highest BCUT2D eigenvalue weighted by Crippen LogP contribution is 2.45. The van der Waals surface area contributed by atoms with E-state index in [1.807, 2.05) is 11.9 Å². The topological polar surface area (TPSA) is 23.5 Å². The SMILES string of the molecule is CN(Cc1ccc(F)cc1F)CC1(CO)CC1. The molecule has 17 heavy (non-hydrogen) atoms. The second kappa shape index (κ2) is 4.70. The third-order valence-corrected chi connectivity index (χ3v) is 3.35. The first kappa shape index (κ1) is 12.5. The third-order valence-electron chi connectivity index (χ3n) is 3.35. The molecule has 0 atom stereocenters. The molecule has 1 N–H and O–H groups in total. The van der Waals surface area contributed by atoms with E-state index < -0.39 is 11.6 Å². The fraction of sp³-hybridized carbons (Fsp3) is 0.538. The average molecular weight is 241 g/mol. The Hall–Kier alpha value is -1.00. The molecule has 0 heterocycles. The standard InChI is InChI=1S/C13H17F2NO/c1-16(8-13(9-17)4-5-13)7-10-2-3-11(14)6-12(10)15/h2-3,6,17H,4-5,7-9H2,1H3. The van der Waals surface area contributed by atoms with Crippen LogP contribution in [0.25, 0.3) is 0 Å². The summed E-state index contributed by atoms with van der Waals surface area (Å²) in [7, 11) is 1.89. The predicted octanol–water partition coefficient (Wildman–Crippen LogP) is 2.17. The monoisotopic (exact) mass is 241 g/mol. The second-order valence-electron chi connectivity index (χ2n) is 5.07. The molecule has 94 valence electrons. The van der Waals surface area contributed by atoms with E-state index in [-0.39, 0.29) is 12.0 Å². The molecule has 0 amide bonds. The van der Waals surface area contributed by atoms with E-state index in [4.69, 9.17) is 0 Å². The highest BCUT2D eigenvalue weighted by Gasteiger charge is 2.42. The molecule has 0 bridgehead atoms. The van der Waals surface area contributed by atoms with Gasteiger partial charge in [-0.15, -0.1) is 0 Å². The first-order valence-corrected chi connectivity index (χ1v) is 5.78. The molecule has 0 saturated heterocycles. The first-order chi connectivity index (χ1) is 8.04. The van der Waals surface area contributed by atoms with E-state index >= 15 is 0 Å². The molecule has 2 rings (SSSR count). The molecule has 1 fully saturated rings. The smallest absolute Gasteiger partial charge is 0.130 e. The minimum absolute atomic E-state index is 0.0191. The molecule has 0 spiro atoms. The van der Waals surface area contributed by atoms with Crippen molar-refractivity contribution in [3.05, 3.63) is 35.4 Å². The van der Waals surface area contributed by atoms with Gasteiger partial charge in [-0.1, -0.05) is 6.07 Å². The number of rotatable bonds is 5. The largest absolute Gasteiger partial charge is 0.396 e. The van der Waals surface area contributed by atoms with Crippen LogP contribution >= 0.6 is 0 Å². The zero-order chi connectivity index (χ0) is 12.5. The Labute approximate surface area is 99.9 Å². The van der Waals surface area contributed by atoms with Crippen molar-refractivity contribution < 1.29 is 13.9 Å². The molecule has 1 aromatic rings. The van der Waals surface area contributed by atoms with Crippen molar-refractivity contribution in [3.8, 4) is 0 Å². The van der Waals surface area contributed by atoms with Crippen molar-refractivity contribution in [1.82, 2.24) is 4.90 Å². The minimum atomic E-state index is -0.553. The van der Waals surface area contributed by atoms with E-state index in [2.05, 4.69) is 0 Å². The number of halogens is 2. The van der Waals surface area contributed by atoms with Gasteiger partial charge in [-0.05, 0) is 26.0 Å². The van der Waals surface area contributed by atoms with Crippen LogP contribution in [0.15, 0.2) is 18.2 Å². The summed E-state index contributed by atoms with van der Waals surface area (Å²) < 4.78 is 26.2. The Morgan fingerprint density at radius 2 is 2.06 bits per heavy atom. The summed E-state index contributed by atoms with van der Waals surface area (Å²) in [5.74, 6) is -1.06. The van der Waals surface area contributed by atoms with Crippen molar-refractivity contribution in [2.75, 3.05) is 20.2 Å². The van der Waals surface area contributed by atoms with Crippen LogP contribution < -0.4 is 0 Å². The van der Waals surface area contributed by atoms with E-state index in [9.17, 15) is 13.9 Å². The zero-order valence-corrected chi connectivity index (χ0v) is 9.92. The fourth-order valence-electron chi connectivity index (χ4n) is 2.11. The van der Waals surface area contributed by atoms with Crippen LogP contribution in [0.3, 0.4) is 0 Å². The van der Waals surface area contributed by atoms with Crippen molar-refractivity contribution in [3.63, 3.8) is 0 Å². The van der Waals surface area contributed by atoms with Crippen LogP contribution in [-0.2, 0) is 6.54 Å². The molecule has 1 saturated carbocycles. The maximum atomic E-state index is 13.4. The molecule has 1 aliphatic carbocycles. The van der Waals surface area contributed by atoms with Gasteiger partial charge in [-0.3, -0.25) is 0 Å². The Bertz CT molecular complexity index is 404. The summed E-state index contributed by atoms with van der Waals surface area (Å²) in [5.41, 5.74) is 0.508. The highest BCUT2D eigenvalue weighted by molar-refractivity contribution is 5.18. The third kappa shape index (κ3) is 3.01. The summed E-state index contributed by atoms with van der Waals surface area (Å²) in [5, 5.41) is 9.21. The van der Waals surface area contributed by atoms with Gasteiger partial charge in [0, 0.05) is 36.7 Å². The van der Waals surface area contributed by atoms with Crippen LogP contribution in [0.2, 0.25) is 0 Å². The molecular weight excluding hydrogens is 224 g/mol. The maximum absolute atomic E-state index is 13.4. The molecule has 0 unspecified atom stereocenters. The van der Waals surface area contributed by atoms with Gasteiger partial charge in [0.15, 0.2) is 0 Å². The van der Waals surface area contributed by atoms with E-state index in [1.165, 1.54) is 12.1 Å². The second-order valence-corrected chi connectivity index (χ2v) is 5.07. The summed E-state index contributed by atoms with van der Waals surface area (Å²) in [6.45, 7) is 1.37. The molecule has 1 aliphatic rings. The van der Waals surface area contributed by atoms with Crippen molar-refractivity contribution >= 4 is 0 Å². The first-order valence-electron chi connectivity index (χ1n) is 5.78. The Kier molecular flexibility index (Phi) is 3.45. The summed E-state index contributed by atoms with van der Waals surface area (Å²) in [4.78, 5) is 1.97. The number of nitrogens with zero attached hydrogens (tertiary/aromatic N) is 1. The molecule has 1 aromatic carbocycles. The summed E-state index contributed by atoms with van der Waals surface area (Å²) in [6, 6.07) is 3.65. The Balaban J connectivity index is 1.96. The summed E-state index contributed by atoms with van der Waals surface area (Å²) >= 11 is 0. The fourth-order valence-corrected chi connectivity index (χ4v) is 2.11. The van der Waals surface area contributed by atoms with Gasteiger partial charge in [0.2, 0.25) is 0 Å². The van der Waals surface area contributed by atoms with Gasteiger partial charge in [-0.2, -0.15) is 0 Å². The van der Waals surface area contributed by atoms with Gasteiger partial charge in [0.05, 0.1) is 0 Å². The maximum Gasteiger partial charge on any atom is 0.130 e. The normalized spacial score (nSPS) is 17.5. The Morgan fingerprint density at radius 1 is 1.35 bits per heavy atom. The van der Waals surface area contributed by atoms with Crippen LogP contribution in [0.4, 0.5) is 8.78 Å². The molecule has 0 aliphatic heterocycles. The van der Waals surface area contributed by atoms with E-state index in [1.54, 1.807) is 0 Å². The lowest BCUT2D eigenvalue weighted by Crippen LogP contribution is -2.28. The number of hydrogen-bond acceptors (Lipinski definition) is 2. The van der Waals surface area contributed by atoms with Crippen LogP contribution in [0, 0.1) is 17.0 Å². The molecule has 0 aromatic heterocycles. The van der Waals surface area contributed by atoms with Crippen LogP contribution in [-0.4, -0.2) is 30.2 Å². The quantitative estimate of drug-likeness (QED) is 0.854. The summed E-state index contributed by atoms with van der Waals surface area (Å²) in [6.07, 6.45) is 2.06. The number of aliphatic hydroxyl groups excluding tert-OH is 1. The lowest BCUT2D eigenvalue weighted by molar-refractivity contribution is 0.160. The Morgan fingerprint density at radius 3 is 2.59 bits per heavy atom. The lowest BCUT2D eigenvalue weighted by atomic mass is 10.1. The molecular formula is C13H17F2NO. The van der Waals surface area contributed by atoms with Crippen LogP contribution in [0.1, 0.15) is 18.4 Å². The molecule has 0 radical (unpaired) electrons. The van der Waals surface area contributed by atoms with E-state index in [0.717, 1.165) is 25.5 Å².